The average molecular weight is 418 g/mol. The van der Waals surface area contributed by atoms with Gasteiger partial charge in [0, 0.05) is 20.6 Å². The molecule has 20 heavy (non-hydrogen) atoms. The normalized spacial score (nSPS) is 10.3. The Labute approximate surface area is 141 Å². The van der Waals surface area contributed by atoms with E-state index in [-0.39, 0.29) is 5.91 Å². The molecule has 1 amide bonds. The van der Waals surface area contributed by atoms with Gasteiger partial charge in [0.15, 0.2) is 0 Å². The van der Waals surface area contributed by atoms with Gasteiger partial charge in [-0.25, -0.2) is 0 Å². The fourth-order valence-electron chi connectivity index (χ4n) is 1.80. The molecule has 1 aromatic carbocycles. The van der Waals surface area contributed by atoms with Crippen molar-refractivity contribution in [3.8, 4) is 0 Å². The number of hydrogen-bond acceptors (Lipinski definition) is 2. The zero-order valence-corrected chi connectivity index (χ0v) is 14.4. The molecule has 0 saturated heterocycles. The fraction of sp³-hybridized carbons (Fsp3) is 0.133. The molecule has 0 saturated carbocycles. The van der Waals surface area contributed by atoms with E-state index in [0.29, 0.717) is 18.7 Å². The summed E-state index contributed by atoms with van der Waals surface area (Å²) in [5, 5.41) is 0. The molecule has 2 nitrogen and oxygen atoms in total. The first-order chi connectivity index (χ1) is 9.60. The summed E-state index contributed by atoms with van der Waals surface area (Å²) >= 11 is 9.63. The van der Waals surface area contributed by atoms with E-state index >= 15 is 0 Å². The lowest BCUT2D eigenvalue weighted by Crippen LogP contribution is -2.30. The monoisotopic (exact) mass is 417 g/mol. The van der Waals surface area contributed by atoms with Gasteiger partial charge in [0.25, 0.3) is 5.91 Å². The Morgan fingerprint density at radius 1 is 1.40 bits per heavy atom. The molecule has 0 atom stereocenters. The van der Waals surface area contributed by atoms with Gasteiger partial charge in [0.05, 0.1) is 10.9 Å². The number of nitrogens with zero attached hydrogens (tertiary/aromatic N) is 1. The van der Waals surface area contributed by atoms with Crippen LogP contribution in [-0.4, -0.2) is 17.4 Å². The molecule has 1 aromatic heterocycles. The number of rotatable bonds is 5. The summed E-state index contributed by atoms with van der Waals surface area (Å²) in [7, 11) is 0. The molecule has 0 aliphatic heterocycles. The van der Waals surface area contributed by atoms with Crippen molar-refractivity contribution in [2.75, 3.05) is 6.54 Å². The number of carbonyl (C=O) groups excluding carboxylic acids is 1. The number of thiophene rings is 1. The molecule has 0 N–H and O–H groups in total. The van der Waals surface area contributed by atoms with E-state index in [0.717, 1.165) is 12.8 Å². The minimum absolute atomic E-state index is 0.00735. The first-order valence-electron chi connectivity index (χ1n) is 6.00. The van der Waals surface area contributed by atoms with Crippen molar-refractivity contribution in [1.29, 1.82) is 0 Å². The van der Waals surface area contributed by atoms with E-state index in [1.165, 1.54) is 11.3 Å². The van der Waals surface area contributed by atoms with Crippen molar-refractivity contribution in [2.24, 2.45) is 0 Å². The van der Waals surface area contributed by atoms with Gasteiger partial charge in [0.1, 0.15) is 0 Å². The quantitative estimate of drug-likeness (QED) is 0.504. The van der Waals surface area contributed by atoms with Crippen molar-refractivity contribution in [1.82, 2.24) is 4.90 Å². The first kappa shape index (κ1) is 15.5. The van der Waals surface area contributed by atoms with Crippen LogP contribution in [0.1, 0.15) is 15.2 Å². The summed E-state index contributed by atoms with van der Waals surface area (Å²) < 4.78 is 1.78. The van der Waals surface area contributed by atoms with E-state index in [2.05, 4.69) is 29.2 Å². The zero-order valence-electron chi connectivity index (χ0n) is 10.7. The molecule has 0 unspecified atom stereocenters. The molecule has 1 heterocycles. The van der Waals surface area contributed by atoms with Crippen LogP contribution < -0.4 is 0 Å². The van der Waals surface area contributed by atoms with E-state index in [4.69, 9.17) is 11.6 Å². The Hall–Kier alpha value is -0.850. The van der Waals surface area contributed by atoms with Crippen molar-refractivity contribution in [3.05, 3.63) is 67.4 Å². The predicted molar refractivity (Wildman–Crippen MR) is 93.4 cm³/mol. The van der Waals surface area contributed by atoms with E-state index < -0.39 is 0 Å². The van der Waals surface area contributed by atoms with Gasteiger partial charge in [-0.3, -0.25) is 4.79 Å². The van der Waals surface area contributed by atoms with Crippen molar-refractivity contribution < 1.29 is 4.79 Å². The molecule has 2 rings (SSSR count). The summed E-state index contributed by atoms with van der Waals surface area (Å²) in [6, 6.07) is 11.4. The molecule has 0 fully saturated rings. The smallest absolute Gasteiger partial charge is 0.254 e. The summed E-state index contributed by atoms with van der Waals surface area (Å²) in [6.07, 6.45) is 1.74. The Kier molecular flexibility index (Phi) is 5.63. The largest absolute Gasteiger partial charge is 0.330 e. The van der Waals surface area contributed by atoms with Crippen LogP contribution in [-0.2, 0) is 6.54 Å². The molecule has 2 aromatic rings. The van der Waals surface area contributed by atoms with Crippen LogP contribution in [0.3, 0.4) is 0 Å². The second-order valence-electron chi connectivity index (χ2n) is 4.19. The van der Waals surface area contributed by atoms with Crippen LogP contribution in [0.4, 0.5) is 0 Å². The third-order valence-electron chi connectivity index (χ3n) is 2.68. The van der Waals surface area contributed by atoms with E-state index in [1.807, 2.05) is 36.4 Å². The number of benzene rings is 1. The molecule has 104 valence electrons. The van der Waals surface area contributed by atoms with Gasteiger partial charge in [-0.2, -0.15) is 0 Å². The highest BCUT2D eigenvalue weighted by Crippen LogP contribution is 2.23. The molecule has 0 bridgehead atoms. The summed E-state index contributed by atoms with van der Waals surface area (Å²) in [4.78, 5) is 15.4. The van der Waals surface area contributed by atoms with Gasteiger partial charge in [0.2, 0.25) is 0 Å². The van der Waals surface area contributed by atoms with Gasteiger partial charge < -0.3 is 4.90 Å². The van der Waals surface area contributed by atoms with Crippen LogP contribution in [0.25, 0.3) is 0 Å². The lowest BCUT2D eigenvalue weighted by molar-refractivity contribution is 0.0764. The molecule has 0 aliphatic carbocycles. The fourth-order valence-corrected chi connectivity index (χ4v) is 3.45. The third-order valence-corrected chi connectivity index (χ3v) is 4.57. The maximum atomic E-state index is 12.5. The first-order valence-corrected chi connectivity index (χ1v) is 8.27. The molecule has 0 spiro atoms. The predicted octanol–water partition coefficient (Wildman–Crippen LogP) is 4.83. The van der Waals surface area contributed by atoms with Crippen LogP contribution >= 0.6 is 45.5 Å². The third kappa shape index (κ3) is 4.07. The Morgan fingerprint density at radius 3 is 2.80 bits per heavy atom. The lowest BCUT2D eigenvalue weighted by Gasteiger charge is -2.20. The molecular formula is C15H13ClINOS. The highest BCUT2D eigenvalue weighted by molar-refractivity contribution is 14.1. The van der Waals surface area contributed by atoms with Crippen LogP contribution in [0.5, 0.6) is 0 Å². The average Bonchev–Trinajstić information content (AvgIpc) is 2.83. The molecule has 0 radical (unpaired) electrons. The second-order valence-corrected chi connectivity index (χ2v) is 7.24. The van der Waals surface area contributed by atoms with Crippen molar-refractivity contribution >= 4 is 51.4 Å². The summed E-state index contributed by atoms with van der Waals surface area (Å²) in [6.45, 7) is 4.79. The number of carbonyl (C=O) groups is 1. The Morgan fingerprint density at radius 2 is 2.20 bits per heavy atom. The molecule has 0 aliphatic rings. The maximum absolute atomic E-state index is 12.5. The minimum Gasteiger partial charge on any atom is -0.330 e. The SMILES string of the molecule is C=CCN(Cc1ccc(Cl)s1)C(=O)c1cccc(I)c1. The van der Waals surface area contributed by atoms with Crippen LogP contribution in [0, 0.1) is 3.57 Å². The Balaban J connectivity index is 2.19. The second kappa shape index (κ2) is 7.24. The van der Waals surface area contributed by atoms with Crippen LogP contribution in [0.2, 0.25) is 4.34 Å². The highest BCUT2D eigenvalue weighted by atomic mass is 127. The lowest BCUT2D eigenvalue weighted by atomic mass is 10.2. The highest BCUT2D eigenvalue weighted by Gasteiger charge is 2.16. The topological polar surface area (TPSA) is 20.3 Å². The van der Waals surface area contributed by atoms with E-state index in [9.17, 15) is 4.79 Å². The standard InChI is InChI=1S/C15H13ClINOS/c1-2-8-18(10-13-6-7-14(16)20-13)15(19)11-4-3-5-12(17)9-11/h2-7,9H,1,8,10H2. The summed E-state index contributed by atoms with van der Waals surface area (Å²) in [5.41, 5.74) is 0.696. The number of hydrogen-bond donors (Lipinski definition) is 0. The van der Waals surface area contributed by atoms with Crippen molar-refractivity contribution in [3.63, 3.8) is 0 Å². The van der Waals surface area contributed by atoms with Gasteiger partial charge in [-0.05, 0) is 52.9 Å². The van der Waals surface area contributed by atoms with Crippen molar-refractivity contribution in [2.45, 2.75) is 6.54 Å². The molecular weight excluding hydrogens is 405 g/mol. The van der Waals surface area contributed by atoms with Crippen LogP contribution in [0.15, 0.2) is 49.1 Å². The van der Waals surface area contributed by atoms with Gasteiger partial charge in [-0.15, -0.1) is 17.9 Å². The zero-order chi connectivity index (χ0) is 14.5. The number of halogens is 2. The number of amides is 1. The Bertz CT molecular complexity index is 626. The minimum atomic E-state index is 0.00735. The van der Waals surface area contributed by atoms with Gasteiger partial charge in [-0.1, -0.05) is 23.7 Å². The van der Waals surface area contributed by atoms with E-state index in [1.54, 1.807) is 11.0 Å². The maximum Gasteiger partial charge on any atom is 0.254 e. The molecule has 5 heteroatoms. The summed E-state index contributed by atoms with van der Waals surface area (Å²) in [5.74, 6) is 0.00735. The van der Waals surface area contributed by atoms with Gasteiger partial charge >= 0.3 is 0 Å².